The number of hydrogen-bond acceptors (Lipinski definition) is 4. The third-order valence-electron chi connectivity index (χ3n) is 4.52. The Morgan fingerprint density at radius 3 is 2.64 bits per heavy atom. The standard InChI is InChI=1S/C17H23NO3S/c1-2-21-17(20)15-13(12-7-8-12)10-22-16(15)18-14(19)9-11-5-3-4-6-11/h10-12H,2-9H2,1H3,(H,18,19). The van der Waals surface area contributed by atoms with Crippen LogP contribution >= 0.6 is 11.3 Å². The molecule has 4 nitrogen and oxygen atoms in total. The Balaban J connectivity index is 1.71. The van der Waals surface area contributed by atoms with Crippen LogP contribution in [0, 0.1) is 5.92 Å². The molecule has 120 valence electrons. The average molecular weight is 321 g/mol. The van der Waals surface area contributed by atoms with E-state index in [9.17, 15) is 9.59 Å². The van der Waals surface area contributed by atoms with E-state index in [1.807, 2.05) is 5.38 Å². The van der Waals surface area contributed by atoms with E-state index in [2.05, 4.69) is 5.32 Å². The lowest BCUT2D eigenvalue weighted by Crippen LogP contribution is -2.17. The summed E-state index contributed by atoms with van der Waals surface area (Å²) in [6.45, 7) is 2.16. The molecule has 1 aromatic rings. The molecule has 3 rings (SSSR count). The first-order valence-electron chi connectivity index (χ1n) is 8.27. The monoisotopic (exact) mass is 321 g/mol. The van der Waals surface area contributed by atoms with E-state index < -0.39 is 0 Å². The van der Waals surface area contributed by atoms with E-state index in [4.69, 9.17) is 4.74 Å². The molecule has 0 spiro atoms. The van der Waals surface area contributed by atoms with E-state index in [0.29, 0.717) is 35.4 Å². The number of esters is 1. The van der Waals surface area contributed by atoms with Crippen molar-refractivity contribution in [3.63, 3.8) is 0 Å². The summed E-state index contributed by atoms with van der Waals surface area (Å²) in [7, 11) is 0. The molecular weight excluding hydrogens is 298 g/mol. The number of amides is 1. The number of nitrogens with one attached hydrogen (secondary N) is 1. The fourth-order valence-corrected chi connectivity index (χ4v) is 4.27. The quantitative estimate of drug-likeness (QED) is 0.794. The van der Waals surface area contributed by atoms with E-state index in [0.717, 1.165) is 31.2 Å². The summed E-state index contributed by atoms with van der Waals surface area (Å²) in [5.41, 5.74) is 1.65. The highest BCUT2D eigenvalue weighted by atomic mass is 32.1. The van der Waals surface area contributed by atoms with Gasteiger partial charge in [-0.1, -0.05) is 12.8 Å². The number of carbonyl (C=O) groups excluding carboxylic acids is 2. The van der Waals surface area contributed by atoms with Crippen molar-refractivity contribution in [2.24, 2.45) is 5.92 Å². The van der Waals surface area contributed by atoms with Crippen LogP contribution in [0.5, 0.6) is 0 Å². The minimum atomic E-state index is -0.304. The molecule has 2 fully saturated rings. The van der Waals surface area contributed by atoms with Crippen LogP contribution in [-0.2, 0) is 9.53 Å². The minimum absolute atomic E-state index is 0.0293. The van der Waals surface area contributed by atoms with Gasteiger partial charge in [0.15, 0.2) is 0 Å². The highest BCUT2D eigenvalue weighted by molar-refractivity contribution is 7.15. The molecular formula is C17H23NO3S. The normalized spacial score (nSPS) is 18.4. The number of thiophene rings is 1. The van der Waals surface area contributed by atoms with Gasteiger partial charge in [0.25, 0.3) is 0 Å². The summed E-state index contributed by atoms with van der Waals surface area (Å²) in [5, 5.41) is 5.64. The van der Waals surface area contributed by atoms with E-state index in [-0.39, 0.29) is 11.9 Å². The van der Waals surface area contributed by atoms with Crippen molar-refractivity contribution in [2.45, 2.75) is 57.8 Å². The number of carbonyl (C=O) groups is 2. The van der Waals surface area contributed by atoms with Crippen LogP contribution in [0.4, 0.5) is 5.00 Å². The lowest BCUT2D eigenvalue weighted by Gasteiger charge is -2.10. The first-order chi connectivity index (χ1) is 10.7. The first-order valence-corrected chi connectivity index (χ1v) is 9.15. The summed E-state index contributed by atoms with van der Waals surface area (Å²) >= 11 is 1.45. The second-order valence-corrected chi connectivity index (χ2v) is 7.17. The molecule has 22 heavy (non-hydrogen) atoms. The molecule has 0 bridgehead atoms. The van der Waals surface area contributed by atoms with Crippen LogP contribution in [0.2, 0.25) is 0 Å². The number of anilines is 1. The zero-order valence-corrected chi connectivity index (χ0v) is 13.8. The second-order valence-electron chi connectivity index (χ2n) is 6.29. The predicted molar refractivity (Wildman–Crippen MR) is 87.5 cm³/mol. The fourth-order valence-electron chi connectivity index (χ4n) is 3.23. The smallest absolute Gasteiger partial charge is 0.341 e. The van der Waals surface area contributed by atoms with Crippen molar-refractivity contribution in [2.75, 3.05) is 11.9 Å². The number of ether oxygens (including phenoxy) is 1. The molecule has 0 saturated heterocycles. The Hall–Kier alpha value is -1.36. The molecule has 1 heterocycles. The largest absolute Gasteiger partial charge is 0.462 e. The molecule has 1 amide bonds. The van der Waals surface area contributed by atoms with Gasteiger partial charge in [-0.05, 0) is 55.4 Å². The average Bonchev–Trinajstić information content (AvgIpc) is 3.04. The van der Waals surface area contributed by atoms with Crippen LogP contribution in [0.1, 0.15) is 73.7 Å². The van der Waals surface area contributed by atoms with Crippen molar-refractivity contribution >= 4 is 28.2 Å². The third kappa shape index (κ3) is 3.51. The van der Waals surface area contributed by atoms with Gasteiger partial charge in [-0.3, -0.25) is 4.79 Å². The molecule has 0 atom stereocenters. The van der Waals surface area contributed by atoms with Crippen molar-refractivity contribution in [1.82, 2.24) is 0 Å². The van der Waals surface area contributed by atoms with Gasteiger partial charge in [0.1, 0.15) is 5.00 Å². The molecule has 2 aliphatic rings. The molecule has 0 aromatic carbocycles. The topological polar surface area (TPSA) is 55.4 Å². The second kappa shape index (κ2) is 6.82. The summed E-state index contributed by atoms with van der Waals surface area (Å²) in [6, 6.07) is 0. The van der Waals surface area contributed by atoms with Gasteiger partial charge in [0.2, 0.25) is 5.91 Å². The van der Waals surface area contributed by atoms with Gasteiger partial charge >= 0.3 is 5.97 Å². The van der Waals surface area contributed by atoms with Gasteiger partial charge in [0.05, 0.1) is 12.2 Å². The van der Waals surface area contributed by atoms with Gasteiger partial charge < -0.3 is 10.1 Å². The summed E-state index contributed by atoms with van der Waals surface area (Å²) in [5.74, 6) is 0.702. The zero-order valence-electron chi connectivity index (χ0n) is 13.0. The van der Waals surface area contributed by atoms with E-state index in [1.54, 1.807) is 6.92 Å². The number of hydrogen-bond donors (Lipinski definition) is 1. The first kappa shape index (κ1) is 15.5. The number of rotatable bonds is 6. The van der Waals surface area contributed by atoms with Crippen molar-refractivity contribution in [3.05, 3.63) is 16.5 Å². The maximum atomic E-state index is 12.2. The Morgan fingerprint density at radius 1 is 1.27 bits per heavy atom. The summed E-state index contributed by atoms with van der Waals surface area (Å²) < 4.78 is 5.18. The molecule has 1 N–H and O–H groups in total. The lowest BCUT2D eigenvalue weighted by molar-refractivity contribution is -0.117. The lowest BCUT2D eigenvalue weighted by atomic mass is 10.0. The molecule has 5 heteroatoms. The molecule has 0 unspecified atom stereocenters. The van der Waals surface area contributed by atoms with Crippen molar-refractivity contribution in [3.8, 4) is 0 Å². The highest BCUT2D eigenvalue weighted by Crippen LogP contribution is 2.46. The van der Waals surface area contributed by atoms with Gasteiger partial charge in [-0.15, -0.1) is 11.3 Å². The van der Waals surface area contributed by atoms with Crippen LogP contribution in [-0.4, -0.2) is 18.5 Å². The molecule has 1 aromatic heterocycles. The van der Waals surface area contributed by atoms with E-state index >= 15 is 0 Å². The van der Waals surface area contributed by atoms with Crippen LogP contribution in [0.3, 0.4) is 0 Å². The van der Waals surface area contributed by atoms with Crippen molar-refractivity contribution < 1.29 is 14.3 Å². The maximum absolute atomic E-state index is 12.2. The van der Waals surface area contributed by atoms with Crippen LogP contribution in [0.25, 0.3) is 0 Å². The molecule has 2 saturated carbocycles. The molecule has 0 radical (unpaired) electrons. The van der Waals surface area contributed by atoms with Gasteiger partial charge in [0, 0.05) is 6.42 Å². The predicted octanol–water partition coefficient (Wildman–Crippen LogP) is 4.32. The van der Waals surface area contributed by atoms with Crippen LogP contribution < -0.4 is 5.32 Å². The Morgan fingerprint density at radius 2 is 2.00 bits per heavy atom. The Bertz CT molecular complexity index is 556. The third-order valence-corrected chi connectivity index (χ3v) is 5.43. The fraction of sp³-hybridized carbons (Fsp3) is 0.647. The highest BCUT2D eigenvalue weighted by Gasteiger charge is 2.32. The Labute approximate surface area is 135 Å². The van der Waals surface area contributed by atoms with E-state index in [1.165, 1.54) is 24.2 Å². The minimum Gasteiger partial charge on any atom is -0.462 e. The Kier molecular flexibility index (Phi) is 4.81. The molecule has 0 aliphatic heterocycles. The summed E-state index contributed by atoms with van der Waals surface area (Å²) in [6.07, 6.45) is 7.58. The van der Waals surface area contributed by atoms with Gasteiger partial charge in [-0.25, -0.2) is 4.79 Å². The van der Waals surface area contributed by atoms with Gasteiger partial charge in [-0.2, -0.15) is 0 Å². The molecule has 2 aliphatic carbocycles. The van der Waals surface area contributed by atoms with Crippen LogP contribution in [0.15, 0.2) is 5.38 Å². The van der Waals surface area contributed by atoms with Crippen molar-refractivity contribution in [1.29, 1.82) is 0 Å². The SMILES string of the molecule is CCOC(=O)c1c(C2CC2)csc1NC(=O)CC1CCCC1. The summed E-state index contributed by atoms with van der Waals surface area (Å²) in [4.78, 5) is 24.5. The zero-order chi connectivity index (χ0) is 15.5. The maximum Gasteiger partial charge on any atom is 0.341 e.